The molecule has 1 saturated carbocycles. The van der Waals surface area contributed by atoms with Crippen molar-refractivity contribution in [2.45, 2.75) is 37.6 Å². The van der Waals surface area contributed by atoms with Crippen LogP contribution in [0.15, 0.2) is 54.9 Å². The first-order valence-corrected chi connectivity index (χ1v) is 10.3. The monoisotopic (exact) mass is 421 g/mol. The number of halogens is 1. The molecule has 4 rings (SSSR count). The van der Waals surface area contributed by atoms with Crippen molar-refractivity contribution in [3.8, 4) is 5.75 Å². The first kappa shape index (κ1) is 20.8. The minimum atomic E-state index is -0.496. The van der Waals surface area contributed by atoms with E-state index in [4.69, 9.17) is 4.74 Å². The minimum Gasteiger partial charge on any atom is -0.496 e. The Morgan fingerprint density at radius 3 is 2.71 bits per heavy atom. The van der Waals surface area contributed by atoms with Gasteiger partial charge < -0.3 is 10.1 Å². The normalized spacial score (nSPS) is 18.6. The zero-order chi connectivity index (χ0) is 21.8. The maximum atomic E-state index is 13.5. The first-order chi connectivity index (χ1) is 15.0. The number of nitrogens with zero attached hydrogens (tertiary/aromatic N) is 1. The largest absolute Gasteiger partial charge is 0.496 e. The fourth-order valence-corrected chi connectivity index (χ4v) is 4.24. The molecular formula is C24H24FN3O3. The summed E-state index contributed by atoms with van der Waals surface area (Å²) in [5.41, 5.74) is 3.29. The number of amides is 1. The van der Waals surface area contributed by atoms with Gasteiger partial charge in [0.2, 0.25) is 0 Å². The molecule has 1 aliphatic carbocycles. The second-order valence-corrected chi connectivity index (χ2v) is 7.79. The summed E-state index contributed by atoms with van der Waals surface area (Å²) in [4.78, 5) is 24.6. The second-order valence-electron chi connectivity index (χ2n) is 7.79. The van der Waals surface area contributed by atoms with Crippen LogP contribution in [0.1, 0.15) is 58.1 Å². The molecule has 160 valence electrons. The van der Waals surface area contributed by atoms with Crippen LogP contribution < -0.4 is 10.1 Å². The summed E-state index contributed by atoms with van der Waals surface area (Å²) in [5.74, 6) is 0.0657. The summed E-state index contributed by atoms with van der Waals surface area (Å²) < 4.78 is 18.7. The summed E-state index contributed by atoms with van der Waals surface area (Å²) in [7, 11) is 1.44. The van der Waals surface area contributed by atoms with E-state index in [-0.39, 0.29) is 23.2 Å². The van der Waals surface area contributed by atoms with Crippen molar-refractivity contribution in [3.05, 3.63) is 82.9 Å². The fourth-order valence-electron chi connectivity index (χ4n) is 4.24. The third-order valence-corrected chi connectivity index (χ3v) is 5.88. The van der Waals surface area contributed by atoms with Gasteiger partial charge >= 0.3 is 0 Å². The van der Waals surface area contributed by atoms with E-state index in [1.165, 1.54) is 19.2 Å². The van der Waals surface area contributed by atoms with Crippen LogP contribution in [-0.2, 0) is 11.3 Å². The number of benzene rings is 2. The SMILES string of the molecule is COc1ccc(F)cc1C(=O)NCc1ccc(C2CC(=O)CCC2c2cn[nH]c2)cc1. The van der Waals surface area contributed by atoms with Gasteiger partial charge in [-0.2, -0.15) is 5.10 Å². The number of hydrogen-bond acceptors (Lipinski definition) is 4. The lowest BCUT2D eigenvalue weighted by Crippen LogP contribution is -2.24. The lowest BCUT2D eigenvalue weighted by Gasteiger charge is -2.30. The number of Topliss-reactive ketones (excluding diaryl/α,β-unsaturated/α-hetero) is 1. The highest BCUT2D eigenvalue weighted by Crippen LogP contribution is 2.42. The molecule has 7 heteroatoms. The van der Waals surface area contributed by atoms with Gasteiger partial charge in [-0.05, 0) is 53.1 Å². The number of aromatic nitrogens is 2. The van der Waals surface area contributed by atoms with E-state index in [0.29, 0.717) is 25.1 Å². The van der Waals surface area contributed by atoms with Crippen LogP contribution in [0.5, 0.6) is 5.75 Å². The number of carbonyl (C=O) groups excluding carboxylic acids is 2. The highest BCUT2D eigenvalue weighted by Gasteiger charge is 2.32. The number of hydrogen-bond donors (Lipinski definition) is 2. The Balaban J connectivity index is 1.45. The van der Waals surface area contributed by atoms with Crippen LogP contribution in [0.4, 0.5) is 4.39 Å². The van der Waals surface area contributed by atoms with Gasteiger partial charge in [-0.15, -0.1) is 0 Å². The van der Waals surface area contributed by atoms with Crippen molar-refractivity contribution in [2.24, 2.45) is 0 Å². The lowest BCUT2D eigenvalue weighted by atomic mass is 9.72. The molecule has 2 unspecified atom stereocenters. The minimum absolute atomic E-state index is 0.110. The van der Waals surface area contributed by atoms with Gasteiger partial charge in [0.15, 0.2) is 0 Å². The van der Waals surface area contributed by atoms with E-state index in [1.807, 2.05) is 36.7 Å². The number of rotatable bonds is 6. The number of H-pyrrole nitrogens is 1. The summed E-state index contributed by atoms with van der Waals surface area (Å²) in [6.07, 6.45) is 5.66. The van der Waals surface area contributed by atoms with Crippen LogP contribution in [0, 0.1) is 5.82 Å². The predicted molar refractivity (Wildman–Crippen MR) is 113 cm³/mol. The number of aromatic amines is 1. The van der Waals surface area contributed by atoms with Gasteiger partial charge in [0.05, 0.1) is 18.9 Å². The summed E-state index contributed by atoms with van der Waals surface area (Å²) >= 11 is 0. The van der Waals surface area contributed by atoms with Crippen LogP contribution in [-0.4, -0.2) is 29.0 Å². The molecule has 2 aromatic carbocycles. The maximum absolute atomic E-state index is 13.5. The van der Waals surface area contributed by atoms with E-state index in [9.17, 15) is 14.0 Å². The molecule has 0 aliphatic heterocycles. The molecule has 0 radical (unpaired) electrons. The number of ether oxygens (including phenoxy) is 1. The topological polar surface area (TPSA) is 84.1 Å². The van der Waals surface area contributed by atoms with Crippen LogP contribution in [0.3, 0.4) is 0 Å². The van der Waals surface area contributed by atoms with Crippen molar-refractivity contribution in [2.75, 3.05) is 7.11 Å². The maximum Gasteiger partial charge on any atom is 0.255 e. The van der Waals surface area contributed by atoms with Gasteiger partial charge in [0.1, 0.15) is 17.3 Å². The summed E-state index contributed by atoms with van der Waals surface area (Å²) in [6.45, 7) is 0.299. The molecule has 31 heavy (non-hydrogen) atoms. The van der Waals surface area contributed by atoms with Crippen molar-refractivity contribution in [3.63, 3.8) is 0 Å². The quantitative estimate of drug-likeness (QED) is 0.627. The Morgan fingerprint density at radius 1 is 1.19 bits per heavy atom. The van der Waals surface area contributed by atoms with Crippen LogP contribution >= 0.6 is 0 Å². The number of carbonyl (C=O) groups is 2. The van der Waals surface area contributed by atoms with E-state index in [1.54, 1.807) is 0 Å². The molecule has 1 amide bonds. The second kappa shape index (κ2) is 9.12. The Morgan fingerprint density at radius 2 is 2.00 bits per heavy atom. The zero-order valence-electron chi connectivity index (χ0n) is 17.2. The molecule has 2 atom stereocenters. The molecule has 1 fully saturated rings. The van der Waals surface area contributed by atoms with Crippen LogP contribution in [0.2, 0.25) is 0 Å². The Bertz CT molecular complexity index is 1060. The van der Waals surface area contributed by atoms with Gasteiger partial charge in [-0.3, -0.25) is 14.7 Å². The zero-order valence-corrected chi connectivity index (χ0v) is 17.2. The Kier molecular flexibility index (Phi) is 6.11. The highest BCUT2D eigenvalue weighted by atomic mass is 19.1. The third kappa shape index (κ3) is 4.66. The van der Waals surface area contributed by atoms with Crippen molar-refractivity contribution < 1.29 is 18.7 Å². The number of methoxy groups -OCH3 is 1. The molecule has 1 heterocycles. The number of nitrogens with one attached hydrogen (secondary N) is 2. The first-order valence-electron chi connectivity index (χ1n) is 10.3. The Labute approximate surface area is 179 Å². The standard InChI is InChI=1S/C24H24FN3O3/c1-31-23-9-6-18(25)10-22(23)24(30)26-12-15-2-4-16(5-3-15)21-11-19(29)7-8-20(21)17-13-27-28-14-17/h2-6,9-10,13-14,20-21H,7-8,11-12H2,1H3,(H,26,30)(H,27,28). The predicted octanol–water partition coefficient (Wildman–Crippen LogP) is 4.11. The van der Waals surface area contributed by atoms with Gasteiger partial charge in [-0.1, -0.05) is 24.3 Å². The van der Waals surface area contributed by atoms with Crippen molar-refractivity contribution in [1.29, 1.82) is 0 Å². The molecule has 1 aromatic heterocycles. The summed E-state index contributed by atoms with van der Waals surface area (Å²) in [5, 5.41) is 9.73. The van der Waals surface area contributed by atoms with Crippen molar-refractivity contribution >= 4 is 11.7 Å². The molecule has 1 aliphatic rings. The molecule has 6 nitrogen and oxygen atoms in total. The third-order valence-electron chi connectivity index (χ3n) is 5.88. The van der Waals surface area contributed by atoms with Crippen LogP contribution in [0.25, 0.3) is 0 Å². The Hall–Kier alpha value is -3.48. The number of ketones is 1. The smallest absolute Gasteiger partial charge is 0.255 e. The average Bonchev–Trinajstić information content (AvgIpc) is 3.32. The molecular weight excluding hydrogens is 397 g/mol. The average molecular weight is 421 g/mol. The summed E-state index contributed by atoms with van der Waals surface area (Å²) in [6, 6.07) is 11.8. The molecule has 2 N–H and O–H groups in total. The van der Waals surface area contributed by atoms with Gasteiger partial charge in [-0.25, -0.2) is 4.39 Å². The molecule has 0 saturated heterocycles. The molecule has 0 bridgehead atoms. The van der Waals surface area contributed by atoms with E-state index in [0.717, 1.165) is 29.2 Å². The van der Waals surface area contributed by atoms with E-state index in [2.05, 4.69) is 15.5 Å². The van der Waals surface area contributed by atoms with E-state index >= 15 is 0 Å². The van der Waals surface area contributed by atoms with Crippen molar-refractivity contribution in [1.82, 2.24) is 15.5 Å². The lowest BCUT2D eigenvalue weighted by molar-refractivity contribution is -0.121. The van der Waals surface area contributed by atoms with Gasteiger partial charge in [0, 0.05) is 25.6 Å². The fraction of sp³-hybridized carbons (Fsp3) is 0.292. The molecule has 0 spiro atoms. The van der Waals surface area contributed by atoms with E-state index < -0.39 is 11.7 Å². The highest BCUT2D eigenvalue weighted by molar-refractivity contribution is 5.96. The molecule has 3 aromatic rings. The van der Waals surface area contributed by atoms with Gasteiger partial charge in [0.25, 0.3) is 5.91 Å².